The second-order valence-electron chi connectivity index (χ2n) is 3.81. The van der Waals surface area contributed by atoms with Gasteiger partial charge in [0, 0.05) is 0 Å². The van der Waals surface area contributed by atoms with E-state index in [9.17, 15) is 13.2 Å². The second kappa shape index (κ2) is 6.35. The van der Waals surface area contributed by atoms with E-state index in [1.54, 1.807) is 0 Å². The largest absolute Gasteiger partial charge is 0.522 e. The van der Waals surface area contributed by atoms with Crippen molar-refractivity contribution >= 4 is 0 Å². The fourth-order valence-electron chi connectivity index (χ4n) is 1.32. The maximum Gasteiger partial charge on any atom is 0.522 e. The van der Waals surface area contributed by atoms with Crippen LogP contribution in [0.2, 0.25) is 0 Å². The van der Waals surface area contributed by atoms with Gasteiger partial charge in [0.05, 0.1) is 25.9 Å². The Kier molecular flexibility index (Phi) is 4.75. The van der Waals surface area contributed by atoms with Crippen LogP contribution in [0.5, 0.6) is 6.08 Å². The minimum Gasteiger partial charge on any atom is -0.447 e. The van der Waals surface area contributed by atoms with Gasteiger partial charge in [0.2, 0.25) is 6.29 Å². The number of hydrogen-bond acceptors (Lipinski definition) is 8. The molecular formula is C9H12F3N3O5. The predicted octanol–water partition coefficient (Wildman–Crippen LogP) is 0.357. The third kappa shape index (κ3) is 4.59. The average molecular weight is 299 g/mol. The molecule has 2 rings (SSSR count). The molecule has 0 aromatic carbocycles. The lowest BCUT2D eigenvalue weighted by Crippen LogP contribution is -2.37. The van der Waals surface area contributed by atoms with Gasteiger partial charge in [-0.1, -0.05) is 5.10 Å². The second-order valence-corrected chi connectivity index (χ2v) is 3.81. The van der Waals surface area contributed by atoms with Crippen LogP contribution in [0.3, 0.4) is 0 Å². The van der Waals surface area contributed by atoms with E-state index in [0.29, 0.717) is 0 Å². The van der Waals surface area contributed by atoms with E-state index in [2.05, 4.69) is 14.9 Å². The number of hydrogen-bond donors (Lipinski definition) is 1. The fourth-order valence-corrected chi connectivity index (χ4v) is 1.32. The van der Waals surface area contributed by atoms with Crippen molar-refractivity contribution in [3.05, 3.63) is 5.89 Å². The molecule has 2 N–H and O–H groups in total. The average Bonchev–Trinajstić information content (AvgIpc) is 2.83. The zero-order valence-corrected chi connectivity index (χ0v) is 10.1. The summed E-state index contributed by atoms with van der Waals surface area (Å²) >= 11 is 0. The molecule has 1 aliphatic rings. The van der Waals surface area contributed by atoms with Crippen LogP contribution in [-0.4, -0.2) is 49.0 Å². The molecule has 20 heavy (non-hydrogen) atoms. The minimum absolute atomic E-state index is 0.00337. The lowest BCUT2D eigenvalue weighted by Gasteiger charge is -2.24. The molecule has 0 amide bonds. The van der Waals surface area contributed by atoms with Gasteiger partial charge >= 0.3 is 12.4 Å². The van der Waals surface area contributed by atoms with E-state index in [1.165, 1.54) is 0 Å². The Morgan fingerprint density at radius 2 is 1.90 bits per heavy atom. The van der Waals surface area contributed by atoms with E-state index in [0.717, 1.165) is 0 Å². The first-order valence-electron chi connectivity index (χ1n) is 5.60. The third-order valence-corrected chi connectivity index (χ3v) is 2.12. The van der Waals surface area contributed by atoms with Crippen LogP contribution in [0.15, 0.2) is 4.42 Å². The molecule has 1 aromatic heterocycles. The van der Waals surface area contributed by atoms with Crippen LogP contribution in [0, 0.1) is 0 Å². The van der Waals surface area contributed by atoms with Crippen LogP contribution in [0.25, 0.3) is 0 Å². The normalized spacial score (nSPS) is 23.8. The number of nitrogens with zero attached hydrogens (tertiary/aromatic N) is 2. The summed E-state index contributed by atoms with van der Waals surface area (Å²) in [6.45, 7) is -0.545. The first kappa shape index (κ1) is 15.0. The van der Waals surface area contributed by atoms with Gasteiger partial charge in [0.15, 0.2) is 0 Å². The molecule has 0 atom stereocenters. The molecule has 1 aliphatic heterocycles. The summed E-state index contributed by atoms with van der Waals surface area (Å²) in [6.07, 6.45) is -5.86. The van der Waals surface area contributed by atoms with Crippen LogP contribution in [0.4, 0.5) is 13.2 Å². The molecular weight excluding hydrogens is 287 g/mol. The smallest absolute Gasteiger partial charge is 0.447 e. The highest BCUT2D eigenvalue weighted by molar-refractivity contribution is 4.88. The maximum absolute atomic E-state index is 11.7. The maximum atomic E-state index is 11.7. The van der Waals surface area contributed by atoms with Gasteiger partial charge in [-0.05, 0) is 0 Å². The van der Waals surface area contributed by atoms with Crippen molar-refractivity contribution < 1.29 is 36.5 Å². The third-order valence-electron chi connectivity index (χ3n) is 2.12. The van der Waals surface area contributed by atoms with Crippen molar-refractivity contribution in [2.75, 3.05) is 26.4 Å². The highest BCUT2D eigenvalue weighted by Crippen LogP contribution is 2.23. The molecule has 0 spiro atoms. The van der Waals surface area contributed by atoms with Crippen molar-refractivity contribution in [1.29, 1.82) is 0 Å². The minimum atomic E-state index is -4.70. The van der Waals surface area contributed by atoms with Crippen molar-refractivity contribution in [2.24, 2.45) is 5.73 Å². The zero-order chi connectivity index (χ0) is 14.6. The molecule has 1 fully saturated rings. The summed E-state index contributed by atoms with van der Waals surface area (Å²) < 4.78 is 58.8. The lowest BCUT2D eigenvalue weighted by molar-refractivity contribution is -0.325. The van der Waals surface area contributed by atoms with E-state index in [4.69, 9.17) is 24.4 Å². The summed E-state index contributed by atoms with van der Waals surface area (Å²) in [4.78, 5) is 0. The van der Waals surface area contributed by atoms with E-state index in [-0.39, 0.29) is 31.2 Å². The predicted molar refractivity (Wildman–Crippen MR) is 54.4 cm³/mol. The number of alkyl halides is 3. The quantitative estimate of drug-likeness (QED) is 0.777. The standard InChI is InChI=1S/C9H12F3N3O5/c10-9(11,12)19-2-1-16-8-15-14-6(20-8)7-17-3-5(13)4-18-7/h5,7H,1-4,13H2/t5-,7-. The van der Waals surface area contributed by atoms with Crippen molar-refractivity contribution in [3.8, 4) is 6.08 Å². The molecule has 0 saturated carbocycles. The number of nitrogens with two attached hydrogens (primary N) is 1. The first-order chi connectivity index (χ1) is 9.44. The highest BCUT2D eigenvalue weighted by atomic mass is 19.4. The van der Waals surface area contributed by atoms with Gasteiger partial charge in [-0.3, -0.25) is 4.74 Å². The lowest BCUT2D eigenvalue weighted by atomic mass is 10.3. The highest BCUT2D eigenvalue weighted by Gasteiger charge is 2.29. The summed E-state index contributed by atoms with van der Waals surface area (Å²) in [5.74, 6) is 0.00337. The van der Waals surface area contributed by atoms with Crippen LogP contribution in [-0.2, 0) is 14.2 Å². The Bertz CT molecular complexity index is 419. The van der Waals surface area contributed by atoms with Crippen LogP contribution < -0.4 is 10.5 Å². The molecule has 0 unspecified atom stereocenters. The monoisotopic (exact) mass is 299 g/mol. The summed E-state index contributed by atoms with van der Waals surface area (Å²) in [7, 11) is 0. The molecule has 114 valence electrons. The zero-order valence-electron chi connectivity index (χ0n) is 10.1. The summed E-state index contributed by atoms with van der Waals surface area (Å²) in [6, 6.07) is -0.232. The number of ether oxygens (including phenoxy) is 4. The molecule has 1 saturated heterocycles. The van der Waals surface area contributed by atoms with Gasteiger partial charge in [0.1, 0.15) is 6.61 Å². The topological polar surface area (TPSA) is 102 Å². The summed E-state index contributed by atoms with van der Waals surface area (Å²) in [5.41, 5.74) is 5.55. The Hall–Kier alpha value is -1.43. The summed E-state index contributed by atoms with van der Waals surface area (Å²) in [5, 5.41) is 7.07. The van der Waals surface area contributed by atoms with E-state index < -0.39 is 25.9 Å². The Morgan fingerprint density at radius 1 is 1.20 bits per heavy atom. The van der Waals surface area contributed by atoms with Crippen LogP contribution in [0.1, 0.15) is 12.2 Å². The SMILES string of the molecule is N[C@H]1CO[C@H](c2nnc(OCCOC(F)(F)F)o2)OC1. The Morgan fingerprint density at radius 3 is 2.55 bits per heavy atom. The molecule has 11 heteroatoms. The van der Waals surface area contributed by atoms with Gasteiger partial charge in [-0.25, -0.2) is 0 Å². The number of rotatable bonds is 5. The Balaban J connectivity index is 1.75. The Labute approximate surface area is 110 Å². The van der Waals surface area contributed by atoms with Gasteiger partial charge in [-0.2, -0.15) is 0 Å². The molecule has 1 aromatic rings. The van der Waals surface area contributed by atoms with Crippen molar-refractivity contribution in [1.82, 2.24) is 10.2 Å². The molecule has 0 bridgehead atoms. The molecule has 2 heterocycles. The van der Waals surface area contributed by atoms with E-state index >= 15 is 0 Å². The van der Waals surface area contributed by atoms with Gasteiger partial charge < -0.3 is 24.4 Å². The number of halogens is 3. The fraction of sp³-hybridized carbons (Fsp3) is 0.778. The number of aromatic nitrogens is 2. The first-order valence-corrected chi connectivity index (χ1v) is 5.60. The van der Waals surface area contributed by atoms with Crippen LogP contribution >= 0.6 is 0 Å². The van der Waals surface area contributed by atoms with Gasteiger partial charge in [-0.15, -0.1) is 18.3 Å². The van der Waals surface area contributed by atoms with Crippen molar-refractivity contribution in [2.45, 2.75) is 18.7 Å². The molecule has 8 nitrogen and oxygen atoms in total. The molecule has 0 aliphatic carbocycles. The van der Waals surface area contributed by atoms with Gasteiger partial charge in [0.25, 0.3) is 5.89 Å². The van der Waals surface area contributed by atoms with Crippen molar-refractivity contribution in [3.63, 3.8) is 0 Å². The molecule has 0 radical (unpaired) electrons. The van der Waals surface area contributed by atoms with E-state index in [1.807, 2.05) is 0 Å².